The van der Waals surface area contributed by atoms with Crippen LogP contribution in [0.1, 0.15) is 23.1 Å². The number of hydrogen-bond acceptors (Lipinski definition) is 6. The standard InChI is InChI=1S/C14H18N4O2S.C9H10/c15-14-17-12-2-1-11(7-10(12)9-20-14)16-13(19)8-18-3-5-21-6-4-18;1-2-5-9-7-3-6-8(9)4-1/h1-2,7H,3-6,8-9H2,(H2,15,17)(H,16,19);1-2,4-5H,3,6-7H2. The maximum absolute atomic E-state index is 12.1. The molecule has 6 nitrogen and oxygen atoms in total. The summed E-state index contributed by atoms with van der Waals surface area (Å²) in [6, 6.07) is 14.5. The Morgan fingerprint density at radius 3 is 2.57 bits per heavy atom. The topological polar surface area (TPSA) is 79.9 Å². The van der Waals surface area contributed by atoms with Crippen molar-refractivity contribution >= 4 is 35.1 Å². The first-order valence-electron chi connectivity index (χ1n) is 10.4. The van der Waals surface area contributed by atoms with Crippen molar-refractivity contribution in [2.75, 3.05) is 36.5 Å². The van der Waals surface area contributed by atoms with Crippen LogP contribution in [0.15, 0.2) is 47.5 Å². The summed E-state index contributed by atoms with van der Waals surface area (Å²) in [6.07, 6.45) is 3.96. The smallest absolute Gasteiger partial charge is 0.287 e. The van der Waals surface area contributed by atoms with Crippen LogP contribution in [0, 0.1) is 0 Å². The molecule has 2 aromatic carbocycles. The number of anilines is 1. The van der Waals surface area contributed by atoms with Gasteiger partial charge in [0.15, 0.2) is 0 Å². The normalized spacial score (nSPS) is 17.5. The van der Waals surface area contributed by atoms with Crippen molar-refractivity contribution in [1.29, 1.82) is 0 Å². The summed E-state index contributed by atoms with van der Waals surface area (Å²) in [6.45, 7) is 2.78. The second kappa shape index (κ2) is 10.00. The Hall–Kier alpha value is -2.51. The van der Waals surface area contributed by atoms with E-state index in [0.717, 1.165) is 41.5 Å². The van der Waals surface area contributed by atoms with Gasteiger partial charge in [0.2, 0.25) is 5.91 Å². The van der Waals surface area contributed by atoms with Gasteiger partial charge < -0.3 is 15.8 Å². The highest BCUT2D eigenvalue weighted by Crippen LogP contribution is 2.27. The molecule has 0 aromatic heterocycles. The number of carbonyl (C=O) groups is 1. The van der Waals surface area contributed by atoms with Crippen LogP contribution in [0.4, 0.5) is 11.4 Å². The third-order valence-electron chi connectivity index (χ3n) is 5.45. The first-order chi connectivity index (χ1) is 14.7. The lowest BCUT2D eigenvalue weighted by Gasteiger charge is -2.25. The summed E-state index contributed by atoms with van der Waals surface area (Å²) in [5.74, 6) is 2.22. The van der Waals surface area contributed by atoms with Crippen LogP contribution in [0.5, 0.6) is 0 Å². The molecule has 0 spiro atoms. The molecule has 5 rings (SSSR count). The molecule has 1 amide bonds. The molecule has 2 aliphatic heterocycles. The van der Waals surface area contributed by atoms with Gasteiger partial charge in [0.25, 0.3) is 6.02 Å². The number of rotatable bonds is 3. The van der Waals surface area contributed by atoms with Crippen molar-refractivity contribution in [3.05, 3.63) is 59.2 Å². The van der Waals surface area contributed by atoms with Gasteiger partial charge in [-0.05, 0) is 48.6 Å². The number of ether oxygens (including phenoxy) is 1. The van der Waals surface area contributed by atoms with Crippen molar-refractivity contribution in [3.8, 4) is 0 Å². The van der Waals surface area contributed by atoms with Crippen LogP contribution < -0.4 is 11.1 Å². The highest BCUT2D eigenvalue weighted by molar-refractivity contribution is 7.99. The van der Waals surface area contributed by atoms with Crippen LogP contribution in [0.3, 0.4) is 0 Å². The molecule has 0 atom stereocenters. The van der Waals surface area contributed by atoms with Crippen molar-refractivity contribution < 1.29 is 9.53 Å². The molecule has 1 fully saturated rings. The Morgan fingerprint density at radius 2 is 1.83 bits per heavy atom. The van der Waals surface area contributed by atoms with Crippen molar-refractivity contribution in [2.24, 2.45) is 10.7 Å². The van der Waals surface area contributed by atoms with E-state index >= 15 is 0 Å². The fourth-order valence-corrected chi connectivity index (χ4v) is 4.85. The number of nitrogens with one attached hydrogen (secondary N) is 1. The zero-order chi connectivity index (χ0) is 20.8. The van der Waals surface area contributed by atoms with E-state index in [4.69, 9.17) is 10.5 Å². The van der Waals surface area contributed by atoms with Gasteiger partial charge in [0.1, 0.15) is 6.61 Å². The number of nitrogens with zero attached hydrogens (tertiary/aromatic N) is 2. The molecule has 0 saturated carbocycles. The van der Waals surface area contributed by atoms with E-state index in [-0.39, 0.29) is 11.9 Å². The molecule has 3 aliphatic rings. The van der Waals surface area contributed by atoms with Gasteiger partial charge in [-0.1, -0.05) is 24.3 Å². The van der Waals surface area contributed by atoms with Crippen molar-refractivity contribution in [3.63, 3.8) is 0 Å². The summed E-state index contributed by atoms with van der Waals surface area (Å²) in [7, 11) is 0. The second-order valence-corrected chi connectivity index (χ2v) is 8.87. The summed E-state index contributed by atoms with van der Waals surface area (Å²) in [5, 5.41) is 2.93. The number of amidine groups is 1. The molecular weight excluding hydrogens is 396 g/mol. The van der Waals surface area contributed by atoms with Gasteiger partial charge in [0.05, 0.1) is 12.2 Å². The number of aryl methyl sites for hydroxylation is 2. The van der Waals surface area contributed by atoms with Crippen molar-refractivity contribution in [2.45, 2.75) is 25.9 Å². The average Bonchev–Trinajstić information content (AvgIpc) is 3.24. The predicted octanol–water partition coefficient (Wildman–Crippen LogP) is 3.33. The van der Waals surface area contributed by atoms with E-state index in [1.165, 1.54) is 19.3 Å². The highest BCUT2D eigenvalue weighted by Gasteiger charge is 2.15. The molecule has 3 N–H and O–H groups in total. The largest absolute Gasteiger partial charge is 0.460 e. The Bertz CT molecular complexity index is 902. The van der Waals surface area contributed by atoms with Crippen molar-refractivity contribution in [1.82, 2.24) is 4.90 Å². The number of nitrogens with two attached hydrogens (primary N) is 1. The van der Waals surface area contributed by atoms with Crippen LogP contribution >= 0.6 is 11.8 Å². The van der Waals surface area contributed by atoms with Gasteiger partial charge in [-0.2, -0.15) is 16.8 Å². The van der Waals surface area contributed by atoms with E-state index in [2.05, 4.69) is 39.5 Å². The fraction of sp³-hybridized carbons (Fsp3) is 0.391. The number of thioether (sulfide) groups is 1. The number of hydrogen-bond donors (Lipinski definition) is 2. The van der Waals surface area contributed by atoms with E-state index in [0.29, 0.717) is 13.2 Å². The molecular formula is C23H28N4O2S. The van der Waals surface area contributed by atoms with E-state index < -0.39 is 0 Å². The first kappa shape index (κ1) is 20.8. The molecule has 2 heterocycles. The van der Waals surface area contributed by atoms with Gasteiger partial charge in [0, 0.05) is 35.8 Å². The minimum atomic E-state index is 0.0154. The van der Waals surface area contributed by atoms with Crippen LogP contribution in [0.2, 0.25) is 0 Å². The Morgan fingerprint density at radius 1 is 1.10 bits per heavy atom. The maximum atomic E-state index is 12.1. The molecule has 1 saturated heterocycles. The number of fused-ring (bicyclic) bond motifs is 2. The highest BCUT2D eigenvalue weighted by atomic mass is 32.2. The first-order valence-corrected chi connectivity index (χ1v) is 11.6. The Balaban J connectivity index is 0.000000200. The minimum Gasteiger partial charge on any atom is -0.460 e. The number of carbonyl (C=O) groups excluding carboxylic acids is 1. The van der Waals surface area contributed by atoms with E-state index in [1.807, 2.05) is 30.0 Å². The number of aliphatic imine (C=N–C) groups is 1. The lowest BCUT2D eigenvalue weighted by Crippen LogP contribution is -2.38. The summed E-state index contributed by atoms with van der Waals surface area (Å²) in [5.41, 5.74) is 11.1. The summed E-state index contributed by atoms with van der Waals surface area (Å²) >= 11 is 1.94. The zero-order valence-corrected chi connectivity index (χ0v) is 17.9. The van der Waals surface area contributed by atoms with Crippen LogP contribution in [-0.4, -0.2) is 48.0 Å². The summed E-state index contributed by atoms with van der Waals surface area (Å²) < 4.78 is 5.19. The minimum absolute atomic E-state index is 0.0154. The van der Waals surface area contributed by atoms with Gasteiger partial charge in [-0.3, -0.25) is 9.69 Å². The van der Waals surface area contributed by atoms with Gasteiger partial charge in [-0.25, -0.2) is 0 Å². The van der Waals surface area contributed by atoms with Crippen LogP contribution in [-0.2, 0) is 29.0 Å². The summed E-state index contributed by atoms with van der Waals surface area (Å²) in [4.78, 5) is 18.3. The molecule has 7 heteroatoms. The van der Waals surface area contributed by atoms with Crippen LogP contribution in [0.25, 0.3) is 0 Å². The molecule has 0 bridgehead atoms. The molecule has 1 aliphatic carbocycles. The maximum Gasteiger partial charge on any atom is 0.287 e. The lowest BCUT2D eigenvalue weighted by molar-refractivity contribution is -0.117. The lowest BCUT2D eigenvalue weighted by atomic mass is 10.1. The van der Waals surface area contributed by atoms with Gasteiger partial charge in [-0.15, -0.1) is 0 Å². The van der Waals surface area contributed by atoms with E-state index in [1.54, 1.807) is 11.1 Å². The molecule has 0 radical (unpaired) electrons. The second-order valence-electron chi connectivity index (χ2n) is 7.64. The monoisotopic (exact) mass is 424 g/mol. The van der Waals surface area contributed by atoms with Gasteiger partial charge >= 0.3 is 0 Å². The zero-order valence-electron chi connectivity index (χ0n) is 17.1. The SMILES string of the molecule is NC1=Nc2ccc(NC(=O)CN3CCSCC3)cc2CO1.c1ccc2c(c1)CCC2. The Labute approximate surface area is 181 Å². The molecule has 2 aromatic rings. The molecule has 158 valence electrons. The third-order valence-corrected chi connectivity index (χ3v) is 6.39. The fourth-order valence-electron chi connectivity index (χ4n) is 3.87. The third kappa shape index (κ3) is 5.55. The number of amides is 1. The average molecular weight is 425 g/mol. The van der Waals surface area contributed by atoms with E-state index in [9.17, 15) is 4.79 Å². The number of benzene rings is 2. The Kier molecular flexibility index (Phi) is 6.92. The quantitative estimate of drug-likeness (QED) is 0.790. The predicted molar refractivity (Wildman–Crippen MR) is 123 cm³/mol. The molecule has 0 unspecified atom stereocenters. The molecule has 30 heavy (non-hydrogen) atoms.